The Labute approximate surface area is 255 Å². The van der Waals surface area contributed by atoms with E-state index in [1.54, 1.807) is 79.7 Å². The van der Waals surface area contributed by atoms with Gasteiger partial charge in [-0.05, 0) is 36.1 Å². The molecule has 3 aromatic carbocycles. The first-order valence-electron chi connectivity index (χ1n) is 13.9. The van der Waals surface area contributed by atoms with Crippen LogP contribution in [0, 0.1) is 0 Å². The third-order valence-electron chi connectivity index (χ3n) is 6.18. The normalized spacial score (nSPS) is 13.5. The number of amides is 2. The van der Waals surface area contributed by atoms with Crippen LogP contribution in [0.1, 0.15) is 30.9 Å². The standard InChI is InChI=1S/C31H35N2O10P/c1-2-28(30(36)32-20-29(35)40-21-24-12-6-3-7-13-24)43-44(39,42-26-16-10-5-11-17-26)19-18-27(31(37)38)33(23-34)41-22-25-14-8-4-9-15-25/h3-17,23,27-28H,2,18-22H2,1H3,(H,32,36)(H,37,38). The van der Waals surface area contributed by atoms with Gasteiger partial charge in [-0.1, -0.05) is 85.8 Å². The molecule has 0 aliphatic carbocycles. The first-order valence-corrected chi connectivity index (χ1v) is 15.6. The van der Waals surface area contributed by atoms with Gasteiger partial charge in [-0.2, -0.15) is 0 Å². The van der Waals surface area contributed by atoms with E-state index in [0.717, 1.165) is 5.56 Å². The number of hydroxylamine groups is 2. The second kappa shape index (κ2) is 17.6. The molecular weight excluding hydrogens is 591 g/mol. The fraction of sp³-hybridized carbons (Fsp3) is 0.290. The number of aliphatic carboxylic acids is 1. The Morgan fingerprint density at radius 3 is 2.02 bits per heavy atom. The van der Waals surface area contributed by atoms with Gasteiger partial charge in [-0.3, -0.25) is 23.7 Å². The molecule has 0 heterocycles. The van der Waals surface area contributed by atoms with Crippen molar-refractivity contribution in [2.24, 2.45) is 0 Å². The summed E-state index contributed by atoms with van der Waals surface area (Å²) in [7, 11) is -4.23. The molecule has 0 saturated heterocycles. The minimum Gasteiger partial charge on any atom is -0.480 e. The van der Waals surface area contributed by atoms with Crippen molar-refractivity contribution in [1.82, 2.24) is 10.4 Å². The molecule has 0 bridgehead atoms. The number of nitrogens with zero attached hydrogens (tertiary/aromatic N) is 1. The van der Waals surface area contributed by atoms with Gasteiger partial charge in [0.05, 0.1) is 6.16 Å². The molecule has 0 saturated carbocycles. The molecule has 3 unspecified atom stereocenters. The summed E-state index contributed by atoms with van der Waals surface area (Å²) < 4.78 is 30.6. The molecule has 2 amide bonds. The molecule has 44 heavy (non-hydrogen) atoms. The molecular formula is C31H35N2O10P. The zero-order chi connectivity index (χ0) is 31.8. The number of ether oxygens (including phenoxy) is 1. The smallest absolute Gasteiger partial charge is 0.380 e. The number of rotatable bonds is 19. The quantitative estimate of drug-likeness (QED) is 0.0849. The molecule has 3 rings (SSSR count). The summed E-state index contributed by atoms with van der Waals surface area (Å²) in [6.07, 6.45) is -1.91. The lowest BCUT2D eigenvalue weighted by molar-refractivity contribution is -0.201. The van der Waals surface area contributed by atoms with Crippen LogP contribution in [-0.2, 0) is 51.1 Å². The average Bonchev–Trinajstić information content (AvgIpc) is 3.04. The highest BCUT2D eigenvalue weighted by molar-refractivity contribution is 7.54. The lowest BCUT2D eigenvalue weighted by Crippen LogP contribution is -2.41. The van der Waals surface area contributed by atoms with Gasteiger partial charge in [-0.25, -0.2) is 14.4 Å². The SMILES string of the molecule is CCC(OP(=O)(CCC(C(=O)O)N(C=O)OCc1ccccc1)Oc1ccccc1)C(=O)NCC(=O)OCc1ccccc1. The summed E-state index contributed by atoms with van der Waals surface area (Å²) >= 11 is 0. The number of esters is 1. The van der Waals surface area contributed by atoms with Crippen LogP contribution in [0.15, 0.2) is 91.0 Å². The van der Waals surface area contributed by atoms with Crippen LogP contribution in [0.4, 0.5) is 0 Å². The third-order valence-corrected chi connectivity index (χ3v) is 8.05. The third kappa shape index (κ3) is 11.3. The number of hydrogen-bond donors (Lipinski definition) is 2. The number of carbonyl (C=O) groups excluding carboxylic acids is 3. The van der Waals surface area contributed by atoms with Crippen molar-refractivity contribution >= 4 is 31.9 Å². The predicted octanol–water partition coefficient (Wildman–Crippen LogP) is 4.35. The lowest BCUT2D eigenvalue weighted by Gasteiger charge is -2.27. The molecule has 234 valence electrons. The highest BCUT2D eigenvalue weighted by Crippen LogP contribution is 2.50. The zero-order valence-corrected chi connectivity index (χ0v) is 25.0. The average molecular weight is 627 g/mol. The van der Waals surface area contributed by atoms with Gasteiger partial charge in [0.2, 0.25) is 12.3 Å². The van der Waals surface area contributed by atoms with Gasteiger partial charge in [0.25, 0.3) is 0 Å². The van der Waals surface area contributed by atoms with Gasteiger partial charge >= 0.3 is 19.5 Å². The first kappa shape index (κ1) is 34.0. The van der Waals surface area contributed by atoms with E-state index in [-0.39, 0.29) is 31.8 Å². The molecule has 12 nitrogen and oxygen atoms in total. The Morgan fingerprint density at radius 2 is 1.48 bits per heavy atom. The fourth-order valence-corrected chi connectivity index (χ4v) is 5.76. The zero-order valence-electron chi connectivity index (χ0n) is 24.2. The van der Waals surface area contributed by atoms with E-state index in [1.807, 2.05) is 6.07 Å². The maximum absolute atomic E-state index is 14.0. The number of para-hydroxylation sites is 1. The summed E-state index contributed by atoms with van der Waals surface area (Å²) in [4.78, 5) is 54.4. The first-order chi connectivity index (χ1) is 21.2. The Kier molecular flexibility index (Phi) is 13.6. The van der Waals surface area contributed by atoms with Crippen LogP contribution in [0.5, 0.6) is 5.75 Å². The van der Waals surface area contributed by atoms with Gasteiger partial charge < -0.3 is 19.7 Å². The van der Waals surface area contributed by atoms with Crippen molar-refractivity contribution in [1.29, 1.82) is 0 Å². The van der Waals surface area contributed by atoms with E-state index in [2.05, 4.69) is 5.32 Å². The highest BCUT2D eigenvalue weighted by Gasteiger charge is 2.37. The maximum atomic E-state index is 14.0. The minimum absolute atomic E-state index is 0.0288. The number of carboxylic acids is 1. The summed E-state index contributed by atoms with van der Waals surface area (Å²) in [5, 5.41) is 12.9. The van der Waals surface area contributed by atoms with E-state index in [9.17, 15) is 28.8 Å². The van der Waals surface area contributed by atoms with Gasteiger partial charge in [0.1, 0.15) is 31.6 Å². The largest absolute Gasteiger partial charge is 0.480 e. The van der Waals surface area contributed by atoms with Gasteiger partial charge in [-0.15, -0.1) is 0 Å². The second-order valence-electron chi connectivity index (χ2n) is 9.47. The van der Waals surface area contributed by atoms with Gasteiger partial charge in [0, 0.05) is 0 Å². The molecule has 3 aromatic rings. The van der Waals surface area contributed by atoms with Crippen LogP contribution in [0.25, 0.3) is 0 Å². The summed E-state index contributed by atoms with van der Waals surface area (Å²) in [5.41, 5.74) is 1.48. The van der Waals surface area contributed by atoms with Crippen LogP contribution in [-0.4, -0.2) is 59.3 Å². The number of hydrogen-bond acceptors (Lipinski definition) is 9. The molecule has 2 N–H and O–H groups in total. The van der Waals surface area contributed by atoms with Crippen molar-refractivity contribution in [2.45, 2.75) is 45.1 Å². The Bertz CT molecular complexity index is 1390. The van der Waals surface area contributed by atoms with Crippen LogP contribution in [0.3, 0.4) is 0 Å². The minimum atomic E-state index is -4.23. The number of carbonyl (C=O) groups is 4. The Balaban J connectivity index is 1.67. The van der Waals surface area contributed by atoms with Crippen LogP contribution >= 0.6 is 7.60 Å². The Morgan fingerprint density at radius 1 is 0.909 bits per heavy atom. The summed E-state index contributed by atoms with van der Waals surface area (Å²) in [6, 6.07) is 24.3. The van der Waals surface area contributed by atoms with Crippen LogP contribution < -0.4 is 9.84 Å². The van der Waals surface area contributed by atoms with E-state index in [0.29, 0.717) is 10.6 Å². The fourth-order valence-electron chi connectivity index (χ4n) is 3.88. The number of nitrogens with one attached hydrogen (secondary N) is 1. The van der Waals surface area contributed by atoms with E-state index in [4.69, 9.17) is 18.6 Å². The molecule has 3 atom stereocenters. The summed E-state index contributed by atoms with van der Waals surface area (Å²) in [6.45, 7) is 1.10. The summed E-state index contributed by atoms with van der Waals surface area (Å²) in [5.74, 6) is -2.67. The monoisotopic (exact) mass is 626 g/mol. The van der Waals surface area contributed by atoms with E-state index in [1.165, 1.54) is 12.1 Å². The van der Waals surface area contributed by atoms with Crippen molar-refractivity contribution in [3.8, 4) is 5.75 Å². The van der Waals surface area contributed by atoms with Crippen LogP contribution in [0.2, 0.25) is 0 Å². The molecule has 0 aliphatic heterocycles. The molecule has 0 aliphatic rings. The van der Waals surface area contributed by atoms with Gasteiger partial charge in [0.15, 0.2) is 6.04 Å². The Hall–Kier alpha value is -4.51. The maximum Gasteiger partial charge on any atom is 0.380 e. The predicted molar refractivity (Wildman–Crippen MR) is 159 cm³/mol. The van der Waals surface area contributed by atoms with Crippen molar-refractivity contribution < 1.29 is 47.5 Å². The number of benzene rings is 3. The lowest BCUT2D eigenvalue weighted by atomic mass is 10.2. The number of carboxylic acid groups (broad SMARTS) is 1. The topological polar surface area (TPSA) is 158 Å². The van der Waals surface area contributed by atoms with Crippen molar-refractivity contribution in [2.75, 3.05) is 12.7 Å². The highest BCUT2D eigenvalue weighted by atomic mass is 31.2. The van der Waals surface area contributed by atoms with E-state index < -0.39 is 56.7 Å². The molecule has 0 spiro atoms. The van der Waals surface area contributed by atoms with Crippen molar-refractivity contribution in [3.63, 3.8) is 0 Å². The van der Waals surface area contributed by atoms with Crippen molar-refractivity contribution in [3.05, 3.63) is 102 Å². The molecule has 13 heteroatoms. The van der Waals surface area contributed by atoms with E-state index >= 15 is 0 Å². The molecule has 0 radical (unpaired) electrons. The second-order valence-corrected chi connectivity index (χ2v) is 11.5. The molecule has 0 aromatic heterocycles. The molecule has 0 fully saturated rings.